The standard InChI is InChI=1S/C19H18N2/c1-14-9-15(2)18(16(3)10-14)11-19(12-20,13-21)17-7-5-4-6-8-17/h4-10H,11H2,1-3H3. The second-order valence-electron chi connectivity index (χ2n) is 5.55. The Kier molecular flexibility index (Phi) is 4.10. The number of benzene rings is 2. The van der Waals surface area contributed by atoms with E-state index in [-0.39, 0.29) is 0 Å². The van der Waals surface area contributed by atoms with E-state index < -0.39 is 5.41 Å². The summed E-state index contributed by atoms with van der Waals surface area (Å²) < 4.78 is 0. The Balaban J connectivity index is 2.54. The van der Waals surface area contributed by atoms with Gasteiger partial charge in [-0.3, -0.25) is 0 Å². The van der Waals surface area contributed by atoms with Crippen LogP contribution in [0.1, 0.15) is 27.8 Å². The van der Waals surface area contributed by atoms with Gasteiger partial charge in [-0.1, -0.05) is 48.0 Å². The number of hydrogen-bond donors (Lipinski definition) is 0. The van der Waals surface area contributed by atoms with Crippen LogP contribution >= 0.6 is 0 Å². The number of hydrogen-bond acceptors (Lipinski definition) is 2. The molecule has 0 aliphatic rings. The number of nitriles is 2. The molecule has 0 spiro atoms. The molecule has 2 aromatic rings. The number of aryl methyl sites for hydroxylation is 3. The van der Waals surface area contributed by atoms with Crippen molar-refractivity contribution in [2.45, 2.75) is 32.6 Å². The first kappa shape index (κ1) is 14.8. The molecule has 0 atom stereocenters. The van der Waals surface area contributed by atoms with Gasteiger partial charge < -0.3 is 0 Å². The van der Waals surface area contributed by atoms with E-state index in [1.807, 2.05) is 44.2 Å². The van der Waals surface area contributed by atoms with Gasteiger partial charge in [0.15, 0.2) is 5.41 Å². The predicted octanol–water partition coefficient (Wildman–Crippen LogP) is 4.14. The van der Waals surface area contributed by atoms with Gasteiger partial charge in [-0.25, -0.2) is 0 Å². The molecule has 0 fully saturated rings. The van der Waals surface area contributed by atoms with Crippen LogP contribution in [-0.2, 0) is 11.8 Å². The Bertz CT molecular complexity index is 693. The fraction of sp³-hybridized carbons (Fsp3) is 0.263. The molecule has 0 saturated heterocycles. The maximum atomic E-state index is 9.66. The van der Waals surface area contributed by atoms with E-state index in [4.69, 9.17) is 0 Å². The summed E-state index contributed by atoms with van der Waals surface area (Å²) in [5.41, 5.74) is 4.19. The molecule has 104 valence electrons. The van der Waals surface area contributed by atoms with E-state index in [1.165, 1.54) is 5.56 Å². The van der Waals surface area contributed by atoms with Crippen molar-refractivity contribution in [3.05, 3.63) is 70.3 Å². The molecule has 2 heteroatoms. The third kappa shape index (κ3) is 2.81. The van der Waals surface area contributed by atoms with Crippen LogP contribution in [0.15, 0.2) is 42.5 Å². The molecule has 2 aromatic carbocycles. The molecular formula is C19H18N2. The molecular weight excluding hydrogens is 256 g/mol. The van der Waals surface area contributed by atoms with Crippen molar-refractivity contribution in [1.29, 1.82) is 10.5 Å². The predicted molar refractivity (Wildman–Crippen MR) is 83.7 cm³/mol. The Morgan fingerprint density at radius 2 is 1.43 bits per heavy atom. The smallest absolute Gasteiger partial charge is 0.172 e. The van der Waals surface area contributed by atoms with Gasteiger partial charge in [-0.15, -0.1) is 0 Å². The van der Waals surface area contributed by atoms with Gasteiger partial charge in [0.1, 0.15) is 0 Å². The quantitative estimate of drug-likeness (QED) is 0.844. The molecule has 2 nitrogen and oxygen atoms in total. The zero-order chi connectivity index (χ0) is 15.5. The summed E-state index contributed by atoms with van der Waals surface area (Å²) in [4.78, 5) is 0. The average Bonchev–Trinajstić information content (AvgIpc) is 2.48. The molecule has 21 heavy (non-hydrogen) atoms. The Morgan fingerprint density at radius 1 is 0.905 bits per heavy atom. The van der Waals surface area contributed by atoms with E-state index in [9.17, 15) is 10.5 Å². The van der Waals surface area contributed by atoms with Crippen molar-refractivity contribution in [1.82, 2.24) is 0 Å². The van der Waals surface area contributed by atoms with Gasteiger partial charge in [-0.05, 0) is 43.0 Å². The average molecular weight is 274 g/mol. The first-order valence-corrected chi connectivity index (χ1v) is 6.97. The van der Waals surface area contributed by atoms with E-state index in [1.54, 1.807) is 0 Å². The van der Waals surface area contributed by atoms with Gasteiger partial charge in [0.2, 0.25) is 0 Å². The van der Waals surface area contributed by atoms with Crippen molar-refractivity contribution >= 4 is 0 Å². The lowest BCUT2D eigenvalue weighted by Gasteiger charge is -2.22. The Hall–Kier alpha value is -2.58. The van der Waals surface area contributed by atoms with Crippen molar-refractivity contribution in [2.24, 2.45) is 0 Å². The molecule has 0 amide bonds. The third-order valence-electron chi connectivity index (χ3n) is 3.93. The molecule has 0 unspecified atom stereocenters. The van der Waals surface area contributed by atoms with Gasteiger partial charge in [-0.2, -0.15) is 10.5 Å². The third-order valence-corrected chi connectivity index (χ3v) is 3.93. The fourth-order valence-electron chi connectivity index (χ4n) is 2.81. The number of nitrogens with zero attached hydrogens (tertiary/aromatic N) is 2. The summed E-state index contributed by atoms with van der Waals surface area (Å²) in [6.45, 7) is 6.14. The minimum atomic E-state index is -1.13. The largest absolute Gasteiger partial charge is 0.196 e. The SMILES string of the molecule is Cc1cc(C)c(CC(C#N)(C#N)c2ccccc2)c(C)c1. The fourth-order valence-corrected chi connectivity index (χ4v) is 2.81. The van der Waals surface area contributed by atoms with Crippen LogP contribution in [0, 0.1) is 43.4 Å². The Labute approximate surface area is 126 Å². The normalized spacial score (nSPS) is 10.7. The van der Waals surface area contributed by atoms with Crippen LogP contribution in [0.5, 0.6) is 0 Å². The van der Waals surface area contributed by atoms with E-state index in [0.717, 1.165) is 22.3 Å². The molecule has 0 aliphatic carbocycles. The maximum absolute atomic E-state index is 9.66. The van der Waals surface area contributed by atoms with Crippen LogP contribution in [0.3, 0.4) is 0 Å². The summed E-state index contributed by atoms with van der Waals surface area (Å²) in [6.07, 6.45) is 0.419. The number of rotatable bonds is 3. The Morgan fingerprint density at radius 3 is 1.90 bits per heavy atom. The molecule has 0 radical (unpaired) electrons. The molecule has 0 saturated carbocycles. The van der Waals surface area contributed by atoms with E-state index in [0.29, 0.717) is 6.42 Å². The minimum absolute atomic E-state index is 0.419. The van der Waals surface area contributed by atoms with Crippen LogP contribution in [0.4, 0.5) is 0 Å². The summed E-state index contributed by atoms with van der Waals surface area (Å²) in [7, 11) is 0. The second-order valence-corrected chi connectivity index (χ2v) is 5.55. The van der Waals surface area contributed by atoms with Gasteiger partial charge in [0.05, 0.1) is 12.1 Å². The van der Waals surface area contributed by atoms with Crippen LogP contribution in [0.25, 0.3) is 0 Å². The van der Waals surface area contributed by atoms with Gasteiger partial charge in [0, 0.05) is 6.42 Å². The summed E-state index contributed by atoms with van der Waals surface area (Å²) in [5.74, 6) is 0. The lowest BCUT2D eigenvalue weighted by atomic mass is 9.76. The monoisotopic (exact) mass is 274 g/mol. The molecule has 0 N–H and O–H groups in total. The van der Waals surface area contributed by atoms with E-state index >= 15 is 0 Å². The van der Waals surface area contributed by atoms with Crippen LogP contribution < -0.4 is 0 Å². The van der Waals surface area contributed by atoms with Crippen LogP contribution in [-0.4, -0.2) is 0 Å². The molecule has 0 aliphatic heterocycles. The first-order chi connectivity index (χ1) is 10.0. The van der Waals surface area contributed by atoms with Crippen molar-refractivity contribution in [3.63, 3.8) is 0 Å². The highest BCUT2D eigenvalue weighted by molar-refractivity contribution is 5.46. The summed E-state index contributed by atoms with van der Waals surface area (Å²) in [5, 5.41) is 19.3. The molecule has 0 aromatic heterocycles. The summed E-state index contributed by atoms with van der Waals surface area (Å²) in [6, 6.07) is 18.0. The topological polar surface area (TPSA) is 47.6 Å². The zero-order valence-electron chi connectivity index (χ0n) is 12.6. The maximum Gasteiger partial charge on any atom is 0.172 e. The summed E-state index contributed by atoms with van der Waals surface area (Å²) >= 11 is 0. The lowest BCUT2D eigenvalue weighted by molar-refractivity contribution is 0.689. The molecule has 0 heterocycles. The first-order valence-electron chi connectivity index (χ1n) is 6.97. The van der Waals surface area contributed by atoms with Crippen molar-refractivity contribution in [2.75, 3.05) is 0 Å². The van der Waals surface area contributed by atoms with Crippen LogP contribution in [0.2, 0.25) is 0 Å². The van der Waals surface area contributed by atoms with Crippen molar-refractivity contribution < 1.29 is 0 Å². The molecule has 2 rings (SSSR count). The highest BCUT2D eigenvalue weighted by Crippen LogP contribution is 2.30. The second kappa shape index (κ2) is 5.81. The lowest BCUT2D eigenvalue weighted by Crippen LogP contribution is -2.26. The van der Waals surface area contributed by atoms with E-state index in [2.05, 4.69) is 31.2 Å². The van der Waals surface area contributed by atoms with Gasteiger partial charge >= 0.3 is 0 Å². The minimum Gasteiger partial charge on any atom is -0.196 e. The van der Waals surface area contributed by atoms with Crippen molar-refractivity contribution in [3.8, 4) is 12.1 Å². The molecule has 0 bridgehead atoms. The van der Waals surface area contributed by atoms with Gasteiger partial charge in [0.25, 0.3) is 0 Å². The zero-order valence-corrected chi connectivity index (χ0v) is 12.6. The highest BCUT2D eigenvalue weighted by atomic mass is 14.4. The highest BCUT2D eigenvalue weighted by Gasteiger charge is 2.33.